The number of aryl methyl sites for hydroxylation is 2. The summed E-state index contributed by atoms with van der Waals surface area (Å²) in [7, 11) is 0. The molecule has 0 saturated carbocycles. The van der Waals surface area contributed by atoms with Crippen molar-refractivity contribution in [1.29, 1.82) is 0 Å². The average Bonchev–Trinajstić information content (AvgIpc) is 3.83. The third-order valence-electron chi connectivity index (χ3n) is 12.7. The Morgan fingerprint density at radius 2 is 0.710 bits per heavy atom. The number of pyridine rings is 2. The first-order chi connectivity index (χ1) is 30.7. The summed E-state index contributed by atoms with van der Waals surface area (Å²) in [6.07, 6.45) is 12.5. The van der Waals surface area contributed by atoms with Gasteiger partial charge in [-0.3, -0.25) is 9.59 Å². The molecule has 4 bridgehead atoms. The zero-order valence-electron chi connectivity index (χ0n) is 34.6. The lowest BCUT2D eigenvalue weighted by atomic mass is 9.94. The van der Waals surface area contributed by atoms with Crippen molar-refractivity contribution in [2.75, 3.05) is 0 Å². The molecule has 62 heavy (non-hydrogen) atoms. The first kappa shape index (κ1) is 37.7. The molecule has 0 unspecified atom stereocenters. The molecule has 0 atom stereocenters. The Hall–Kier alpha value is -7.32. The van der Waals surface area contributed by atoms with Crippen LogP contribution in [0.5, 0.6) is 0 Å². The molecule has 1 aliphatic rings. The highest BCUT2D eigenvalue weighted by Gasteiger charge is 2.33. The highest BCUT2D eigenvalue weighted by atomic mass is 16.1. The number of hydrogen-bond acceptors (Lipinski definition) is 4. The number of aromatic nitrogens is 6. The van der Waals surface area contributed by atoms with E-state index in [2.05, 4.69) is 57.6 Å². The second-order valence-electron chi connectivity index (χ2n) is 16.5. The van der Waals surface area contributed by atoms with Crippen LogP contribution in [-0.2, 0) is 13.1 Å². The Bertz CT molecular complexity index is 3180. The van der Waals surface area contributed by atoms with Gasteiger partial charge in [-0.05, 0) is 72.5 Å². The molecule has 0 spiro atoms. The van der Waals surface area contributed by atoms with Crippen LogP contribution in [0.15, 0.2) is 168 Å². The molecule has 0 saturated heterocycles. The van der Waals surface area contributed by atoms with Gasteiger partial charge in [-0.25, -0.2) is 9.97 Å². The lowest BCUT2D eigenvalue weighted by Crippen LogP contribution is -2.25. The van der Waals surface area contributed by atoms with Crippen molar-refractivity contribution in [3.8, 4) is 56.2 Å². The second-order valence-corrected chi connectivity index (χ2v) is 16.5. The summed E-state index contributed by atoms with van der Waals surface area (Å²) in [4.78, 5) is 41.8. The third kappa shape index (κ3) is 6.28. The largest absolute Gasteiger partial charge is 0.314 e. The molecule has 0 amide bonds. The quantitative estimate of drug-likeness (QED) is 0.174. The Balaban J connectivity index is 1.36. The monoisotopic (exact) mass is 810 g/mol. The van der Waals surface area contributed by atoms with Crippen LogP contribution in [0.2, 0.25) is 0 Å². The summed E-state index contributed by atoms with van der Waals surface area (Å²) in [6, 6.07) is 49.0. The van der Waals surface area contributed by atoms with Gasteiger partial charge in [0.1, 0.15) is 11.4 Å². The molecule has 0 fully saturated rings. The molecule has 7 heterocycles. The fourth-order valence-electron chi connectivity index (χ4n) is 9.89. The molecule has 1 aliphatic heterocycles. The van der Waals surface area contributed by atoms with E-state index in [1.54, 1.807) is 0 Å². The molecular weight excluding hydrogens is 765 g/mol. The number of fused-ring (bicyclic) bond motifs is 17. The van der Waals surface area contributed by atoms with Gasteiger partial charge in [-0.1, -0.05) is 136 Å². The molecular formula is C54H46N6O2. The van der Waals surface area contributed by atoms with Gasteiger partial charge in [0.2, 0.25) is 0 Å². The van der Waals surface area contributed by atoms with Gasteiger partial charge in [-0.15, -0.1) is 0 Å². The summed E-state index contributed by atoms with van der Waals surface area (Å²) in [5.74, 6) is 0. The van der Waals surface area contributed by atoms with Gasteiger partial charge < -0.3 is 17.9 Å². The van der Waals surface area contributed by atoms with Crippen LogP contribution < -0.4 is 11.1 Å². The first-order valence-electron chi connectivity index (χ1n) is 22.0. The molecule has 8 heteroatoms. The summed E-state index contributed by atoms with van der Waals surface area (Å²) in [5.41, 5.74) is 12.2. The number of nitrogens with zero attached hydrogens (tertiary/aromatic N) is 6. The minimum atomic E-state index is -0.135. The predicted molar refractivity (Wildman–Crippen MR) is 252 cm³/mol. The Morgan fingerprint density at radius 3 is 1.15 bits per heavy atom. The molecule has 0 aliphatic carbocycles. The topological polar surface area (TPSA) is 78.6 Å². The summed E-state index contributed by atoms with van der Waals surface area (Å²) < 4.78 is 8.29. The van der Waals surface area contributed by atoms with Gasteiger partial charge in [0.15, 0.2) is 0 Å². The van der Waals surface area contributed by atoms with Crippen molar-refractivity contribution in [2.24, 2.45) is 0 Å². The number of hydrogen-bond donors (Lipinski definition) is 0. The lowest BCUT2D eigenvalue weighted by Gasteiger charge is -2.17. The molecule has 8 nitrogen and oxygen atoms in total. The van der Waals surface area contributed by atoms with Crippen molar-refractivity contribution in [3.05, 3.63) is 179 Å². The lowest BCUT2D eigenvalue weighted by molar-refractivity contribution is 0.526. The number of rotatable bonds is 2. The second kappa shape index (κ2) is 15.9. The normalized spacial score (nSPS) is 13.9. The predicted octanol–water partition coefficient (Wildman–Crippen LogP) is 12.1. The molecule has 4 aromatic carbocycles. The van der Waals surface area contributed by atoms with Crippen LogP contribution in [0.1, 0.15) is 51.4 Å². The van der Waals surface area contributed by atoms with Crippen LogP contribution >= 0.6 is 0 Å². The number of para-hydroxylation sites is 4. The summed E-state index contributed by atoms with van der Waals surface area (Å²) in [6.45, 7) is 1.19. The van der Waals surface area contributed by atoms with Crippen molar-refractivity contribution >= 4 is 33.1 Å². The minimum Gasteiger partial charge on any atom is -0.314 e. The van der Waals surface area contributed by atoms with Crippen molar-refractivity contribution in [1.82, 2.24) is 27.9 Å². The Labute approximate surface area is 359 Å². The van der Waals surface area contributed by atoms with Crippen LogP contribution in [0.25, 0.3) is 89.3 Å². The van der Waals surface area contributed by atoms with E-state index in [0.717, 1.165) is 118 Å². The molecule has 6 aromatic heterocycles. The van der Waals surface area contributed by atoms with Gasteiger partial charge in [0, 0.05) is 47.7 Å². The number of benzene rings is 4. The average molecular weight is 811 g/mol. The molecule has 0 radical (unpaired) electrons. The first-order valence-corrected chi connectivity index (χ1v) is 22.0. The standard InChI is InChI=1S/C54H46N6O2/c61-53-49-47-45(37-23-9-7-10-24-37)43-31-17-21-33-57(43)51(47)52-48(46(38-25-11-8-12-26-38)44-32-18-22-34-58(44)52)50-54(62)60(42-30-16-14-28-40(42)56-50)36-20-6-4-2-1-3-5-19-35-59(53)41-29-15-13-27-39(41)55-49/h7-18,21-34H,1-6,19-20,35-36H2. The van der Waals surface area contributed by atoms with Gasteiger partial charge in [0.05, 0.1) is 44.5 Å². The van der Waals surface area contributed by atoms with Crippen LogP contribution in [0.3, 0.4) is 0 Å². The van der Waals surface area contributed by atoms with Gasteiger partial charge in [-0.2, -0.15) is 0 Å². The van der Waals surface area contributed by atoms with E-state index in [1.807, 2.05) is 118 Å². The highest BCUT2D eigenvalue weighted by molar-refractivity contribution is 6.09. The van der Waals surface area contributed by atoms with Crippen molar-refractivity contribution < 1.29 is 0 Å². The van der Waals surface area contributed by atoms with E-state index in [4.69, 9.17) is 9.97 Å². The maximum atomic E-state index is 15.5. The van der Waals surface area contributed by atoms with Crippen LogP contribution in [-0.4, -0.2) is 27.9 Å². The SMILES string of the molecule is O=c1c2nc3ccccc3n1CCCCCCCCCCn1c(=O)c(nc3ccccc31)-c1c(-c3ccccc3)c3ccccn3c1-c1c-2c(-c2ccccc2)c2ccccn12. The van der Waals surface area contributed by atoms with E-state index in [1.165, 1.54) is 0 Å². The minimum absolute atomic E-state index is 0.135. The Morgan fingerprint density at radius 1 is 0.355 bits per heavy atom. The zero-order valence-corrected chi connectivity index (χ0v) is 34.6. The zero-order chi connectivity index (χ0) is 41.6. The maximum Gasteiger partial charge on any atom is 0.277 e. The Kier molecular flexibility index (Phi) is 9.68. The van der Waals surface area contributed by atoms with Crippen molar-refractivity contribution in [2.45, 2.75) is 64.5 Å². The summed E-state index contributed by atoms with van der Waals surface area (Å²) >= 11 is 0. The van der Waals surface area contributed by atoms with Crippen LogP contribution in [0.4, 0.5) is 0 Å². The van der Waals surface area contributed by atoms with E-state index in [0.29, 0.717) is 35.6 Å². The van der Waals surface area contributed by atoms with E-state index in [9.17, 15) is 0 Å². The fourth-order valence-corrected chi connectivity index (χ4v) is 9.89. The molecule has 11 rings (SSSR count). The van der Waals surface area contributed by atoms with E-state index in [-0.39, 0.29) is 11.1 Å². The highest BCUT2D eigenvalue weighted by Crippen LogP contribution is 2.50. The third-order valence-corrected chi connectivity index (χ3v) is 12.7. The fraction of sp³-hybridized carbons (Fsp3) is 0.185. The van der Waals surface area contributed by atoms with Gasteiger partial charge >= 0.3 is 0 Å². The molecule has 10 aromatic rings. The van der Waals surface area contributed by atoms with E-state index >= 15 is 9.59 Å². The van der Waals surface area contributed by atoms with E-state index < -0.39 is 0 Å². The van der Waals surface area contributed by atoms with Crippen molar-refractivity contribution in [3.63, 3.8) is 0 Å². The van der Waals surface area contributed by atoms with Crippen LogP contribution in [0, 0.1) is 0 Å². The smallest absolute Gasteiger partial charge is 0.277 e. The molecule has 0 N–H and O–H groups in total. The summed E-state index contributed by atoms with van der Waals surface area (Å²) in [5, 5.41) is 0. The van der Waals surface area contributed by atoms with Gasteiger partial charge in [0.25, 0.3) is 11.1 Å². The maximum absolute atomic E-state index is 15.5. The molecule has 304 valence electrons.